The monoisotopic (exact) mass is 492 g/mol. The first-order chi connectivity index (χ1) is 17.8. The molecular formula is C33H36N2O2. The number of nitrogens with one attached hydrogen (secondary N) is 1. The number of rotatable bonds is 9. The van der Waals surface area contributed by atoms with E-state index in [-0.39, 0.29) is 11.8 Å². The average molecular weight is 493 g/mol. The Morgan fingerprint density at radius 1 is 0.757 bits per heavy atom. The second-order valence-electron chi connectivity index (χ2n) is 10.6. The van der Waals surface area contributed by atoms with Gasteiger partial charge >= 0.3 is 0 Å². The summed E-state index contributed by atoms with van der Waals surface area (Å²) in [5.74, 6) is -0.160. The number of benzene rings is 4. The Balaban J connectivity index is 1.64. The summed E-state index contributed by atoms with van der Waals surface area (Å²) in [5, 5.41) is 5.46. The maximum Gasteiger partial charge on any atom is 0.243 e. The fourth-order valence-corrected chi connectivity index (χ4v) is 4.68. The Hall–Kier alpha value is -3.92. The molecule has 0 radical (unpaired) electrons. The molecule has 0 fully saturated rings. The molecular weight excluding hydrogens is 456 g/mol. The first-order valence-electron chi connectivity index (χ1n) is 13.0. The maximum absolute atomic E-state index is 13.9. The lowest BCUT2D eigenvalue weighted by atomic mass is 9.98. The van der Waals surface area contributed by atoms with Crippen LogP contribution in [0.2, 0.25) is 0 Å². The molecule has 4 nitrogen and oxygen atoms in total. The number of aryl methyl sites for hydroxylation is 1. The van der Waals surface area contributed by atoms with Gasteiger partial charge in [0.05, 0.1) is 0 Å². The van der Waals surface area contributed by atoms with Gasteiger partial charge in [0.2, 0.25) is 11.8 Å². The topological polar surface area (TPSA) is 49.4 Å². The molecule has 0 bridgehead atoms. The van der Waals surface area contributed by atoms with Crippen LogP contribution in [-0.4, -0.2) is 28.3 Å². The minimum absolute atomic E-state index is 0.0261. The highest BCUT2D eigenvalue weighted by atomic mass is 16.2. The number of carbonyl (C=O) groups is 2. The van der Waals surface area contributed by atoms with E-state index in [1.807, 2.05) is 99.6 Å². The van der Waals surface area contributed by atoms with E-state index in [2.05, 4.69) is 29.6 Å². The number of nitrogens with zero attached hydrogens (tertiary/aromatic N) is 1. The predicted molar refractivity (Wildman–Crippen MR) is 151 cm³/mol. The number of amides is 2. The maximum atomic E-state index is 13.9. The second-order valence-corrected chi connectivity index (χ2v) is 10.6. The van der Waals surface area contributed by atoms with Crippen LogP contribution in [0.3, 0.4) is 0 Å². The fourth-order valence-electron chi connectivity index (χ4n) is 4.68. The lowest BCUT2D eigenvalue weighted by Crippen LogP contribution is -2.54. The number of carbonyl (C=O) groups excluding carboxylic acids is 2. The van der Waals surface area contributed by atoms with Crippen LogP contribution < -0.4 is 5.32 Å². The van der Waals surface area contributed by atoms with Gasteiger partial charge in [0.1, 0.15) is 6.04 Å². The summed E-state index contributed by atoms with van der Waals surface area (Å²) < 4.78 is 0. The van der Waals surface area contributed by atoms with Crippen LogP contribution >= 0.6 is 0 Å². The first-order valence-corrected chi connectivity index (χ1v) is 13.0. The van der Waals surface area contributed by atoms with Gasteiger partial charge in [-0.2, -0.15) is 0 Å². The van der Waals surface area contributed by atoms with Crippen molar-refractivity contribution >= 4 is 22.6 Å². The van der Waals surface area contributed by atoms with Crippen molar-refractivity contribution in [2.24, 2.45) is 0 Å². The van der Waals surface area contributed by atoms with Gasteiger partial charge in [-0.25, -0.2) is 0 Å². The highest BCUT2D eigenvalue weighted by Gasteiger charge is 2.32. The fraction of sp³-hybridized carbons (Fsp3) is 0.273. The van der Waals surface area contributed by atoms with Crippen LogP contribution in [0.4, 0.5) is 0 Å². The standard InChI is InChI=1S/C33H36N2O2/c1-33(2,3)34-32(37)30(23-25-13-6-4-7-14-25)35(24-26-15-8-5-9-16-26)31(36)22-21-28-19-12-18-27-17-10-11-20-29(27)28/h4-20,30H,21-24H2,1-3H3,(H,34,37). The molecule has 0 aliphatic rings. The molecule has 37 heavy (non-hydrogen) atoms. The highest BCUT2D eigenvalue weighted by Crippen LogP contribution is 2.22. The lowest BCUT2D eigenvalue weighted by molar-refractivity contribution is -0.141. The Morgan fingerprint density at radius 3 is 2.03 bits per heavy atom. The van der Waals surface area contributed by atoms with E-state index in [0.29, 0.717) is 25.8 Å². The van der Waals surface area contributed by atoms with Gasteiger partial charge in [-0.1, -0.05) is 103 Å². The third-order valence-corrected chi connectivity index (χ3v) is 6.45. The molecule has 1 unspecified atom stereocenters. The molecule has 4 heteroatoms. The number of fused-ring (bicyclic) bond motifs is 1. The second kappa shape index (κ2) is 11.9. The van der Waals surface area contributed by atoms with Gasteiger partial charge in [0, 0.05) is 24.9 Å². The van der Waals surface area contributed by atoms with Crippen LogP contribution in [0.25, 0.3) is 10.8 Å². The van der Waals surface area contributed by atoms with Gasteiger partial charge < -0.3 is 10.2 Å². The van der Waals surface area contributed by atoms with Crippen molar-refractivity contribution in [3.05, 3.63) is 120 Å². The summed E-state index contributed by atoms with van der Waals surface area (Å²) in [6.07, 6.45) is 1.40. The third kappa shape index (κ3) is 7.29. The van der Waals surface area contributed by atoms with E-state index in [1.165, 1.54) is 10.8 Å². The molecule has 4 aromatic carbocycles. The molecule has 0 spiro atoms. The summed E-state index contributed by atoms with van der Waals surface area (Å²) in [4.78, 5) is 29.3. The van der Waals surface area contributed by atoms with Crippen molar-refractivity contribution in [2.75, 3.05) is 0 Å². The lowest BCUT2D eigenvalue weighted by Gasteiger charge is -2.34. The molecule has 1 N–H and O–H groups in total. The summed E-state index contributed by atoms with van der Waals surface area (Å²) in [6.45, 7) is 6.28. The summed E-state index contributed by atoms with van der Waals surface area (Å²) in [7, 11) is 0. The molecule has 0 aliphatic heterocycles. The largest absolute Gasteiger partial charge is 0.350 e. The van der Waals surface area contributed by atoms with Crippen LogP contribution in [0.15, 0.2) is 103 Å². The molecule has 0 saturated carbocycles. The van der Waals surface area contributed by atoms with E-state index in [1.54, 1.807) is 4.90 Å². The predicted octanol–water partition coefficient (Wildman–Crippen LogP) is 6.33. The molecule has 0 aliphatic carbocycles. The number of hydrogen-bond acceptors (Lipinski definition) is 2. The van der Waals surface area contributed by atoms with Gasteiger partial charge in [0.15, 0.2) is 0 Å². The summed E-state index contributed by atoms with van der Waals surface area (Å²) in [5.41, 5.74) is 2.76. The minimum Gasteiger partial charge on any atom is -0.350 e. The molecule has 4 aromatic rings. The molecule has 0 aromatic heterocycles. The normalized spacial score (nSPS) is 12.2. The third-order valence-electron chi connectivity index (χ3n) is 6.45. The zero-order valence-electron chi connectivity index (χ0n) is 22.0. The van der Waals surface area contributed by atoms with Gasteiger partial charge in [-0.15, -0.1) is 0 Å². The van der Waals surface area contributed by atoms with E-state index in [4.69, 9.17) is 0 Å². The van der Waals surface area contributed by atoms with Gasteiger partial charge in [-0.05, 0) is 54.7 Å². The zero-order chi connectivity index (χ0) is 26.3. The molecule has 1 atom stereocenters. The summed E-state index contributed by atoms with van der Waals surface area (Å²) in [6, 6.07) is 33.7. The molecule has 2 amide bonds. The van der Waals surface area contributed by atoms with E-state index in [0.717, 1.165) is 16.7 Å². The van der Waals surface area contributed by atoms with Crippen molar-refractivity contribution < 1.29 is 9.59 Å². The van der Waals surface area contributed by atoms with E-state index >= 15 is 0 Å². The van der Waals surface area contributed by atoms with Gasteiger partial charge in [0.25, 0.3) is 0 Å². The van der Waals surface area contributed by atoms with Crippen LogP contribution in [0, 0.1) is 0 Å². The Bertz CT molecular complexity index is 1320. The van der Waals surface area contributed by atoms with Crippen LogP contribution in [0.5, 0.6) is 0 Å². The summed E-state index contributed by atoms with van der Waals surface area (Å²) >= 11 is 0. The van der Waals surface area contributed by atoms with Crippen molar-refractivity contribution in [1.29, 1.82) is 0 Å². The molecule has 4 rings (SSSR count). The minimum atomic E-state index is -0.623. The average Bonchev–Trinajstić information content (AvgIpc) is 2.89. The van der Waals surface area contributed by atoms with Crippen molar-refractivity contribution in [1.82, 2.24) is 10.2 Å². The smallest absolute Gasteiger partial charge is 0.243 e. The van der Waals surface area contributed by atoms with Crippen molar-refractivity contribution in [2.45, 2.75) is 58.2 Å². The van der Waals surface area contributed by atoms with Crippen LogP contribution in [-0.2, 0) is 29.0 Å². The Labute approximate surface area is 220 Å². The molecule has 0 saturated heterocycles. The highest BCUT2D eigenvalue weighted by molar-refractivity contribution is 5.89. The van der Waals surface area contributed by atoms with Gasteiger partial charge in [-0.3, -0.25) is 9.59 Å². The van der Waals surface area contributed by atoms with E-state index in [9.17, 15) is 9.59 Å². The molecule has 190 valence electrons. The Kier molecular flexibility index (Phi) is 8.39. The number of hydrogen-bond donors (Lipinski definition) is 1. The quantitative estimate of drug-likeness (QED) is 0.297. The SMILES string of the molecule is CC(C)(C)NC(=O)C(Cc1ccccc1)N(Cc1ccccc1)C(=O)CCc1cccc2ccccc12. The Morgan fingerprint density at radius 2 is 1.35 bits per heavy atom. The van der Waals surface area contributed by atoms with Crippen molar-refractivity contribution in [3.8, 4) is 0 Å². The zero-order valence-corrected chi connectivity index (χ0v) is 22.0. The van der Waals surface area contributed by atoms with Crippen molar-refractivity contribution in [3.63, 3.8) is 0 Å². The first kappa shape index (κ1) is 26.2. The van der Waals surface area contributed by atoms with E-state index < -0.39 is 11.6 Å². The molecule has 0 heterocycles. The van der Waals surface area contributed by atoms with Crippen LogP contribution in [0.1, 0.15) is 43.9 Å².